The molecule has 0 saturated heterocycles. The van der Waals surface area contributed by atoms with Gasteiger partial charge in [-0.3, -0.25) is 0 Å². The summed E-state index contributed by atoms with van der Waals surface area (Å²) in [4.78, 5) is 0. The van der Waals surface area contributed by atoms with Crippen LogP contribution in [-0.4, -0.2) is 34.6 Å². The zero-order valence-electron chi connectivity index (χ0n) is 9.98. The van der Waals surface area contributed by atoms with Gasteiger partial charge in [-0.15, -0.1) is 0 Å². The molecule has 0 aromatic carbocycles. The maximum absolute atomic E-state index is 9.96. The molecule has 2 saturated carbocycles. The highest BCUT2D eigenvalue weighted by molar-refractivity contribution is 4.78. The van der Waals surface area contributed by atoms with Gasteiger partial charge in [-0.05, 0) is 38.5 Å². The lowest BCUT2D eigenvalue weighted by atomic mass is 9.94. The van der Waals surface area contributed by atoms with E-state index in [4.69, 9.17) is 4.74 Å². The SMILES string of the molecule is OC1CCC(OC2CCCCCC2O)CC1. The van der Waals surface area contributed by atoms with Gasteiger partial charge in [0.1, 0.15) is 0 Å². The molecule has 0 spiro atoms. The van der Waals surface area contributed by atoms with Crippen LogP contribution in [0.4, 0.5) is 0 Å². The van der Waals surface area contributed by atoms with Gasteiger partial charge in [-0.2, -0.15) is 0 Å². The molecular weight excluding hydrogens is 204 g/mol. The minimum atomic E-state index is -0.269. The zero-order valence-corrected chi connectivity index (χ0v) is 9.98. The van der Waals surface area contributed by atoms with E-state index < -0.39 is 0 Å². The van der Waals surface area contributed by atoms with E-state index in [0.717, 1.165) is 44.9 Å². The van der Waals surface area contributed by atoms with Crippen LogP contribution in [0.25, 0.3) is 0 Å². The summed E-state index contributed by atoms with van der Waals surface area (Å²) in [5.74, 6) is 0. The van der Waals surface area contributed by atoms with Crippen LogP contribution in [0.5, 0.6) is 0 Å². The quantitative estimate of drug-likeness (QED) is 0.711. The van der Waals surface area contributed by atoms with Crippen molar-refractivity contribution in [3.05, 3.63) is 0 Å². The summed E-state index contributed by atoms with van der Waals surface area (Å²) in [5, 5.41) is 19.4. The molecule has 2 aliphatic rings. The average molecular weight is 228 g/mol. The first kappa shape index (κ1) is 12.3. The van der Waals surface area contributed by atoms with Gasteiger partial charge >= 0.3 is 0 Å². The summed E-state index contributed by atoms with van der Waals surface area (Å²) in [6.45, 7) is 0. The number of aliphatic hydroxyl groups excluding tert-OH is 2. The van der Waals surface area contributed by atoms with E-state index in [2.05, 4.69) is 0 Å². The van der Waals surface area contributed by atoms with Crippen LogP contribution in [0.1, 0.15) is 57.8 Å². The third-order valence-corrected chi connectivity index (χ3v) is 3.93. The Bertz CT molecular complexity index is 199. The first-order valence-corrected chi connectivity index (χ1v) is 6.77. The fourth-order valence-corrected chi connectivity index (χ4v) is 2.84. The second-order valence-corrected chi connectivity index (χ2v) is 5.31. The molecule has 2 unspecified atom stereocenters. The zero-order chi connectivity index (χ0) is 11.4. The third kappa shape index (κ3) is 3.44. The fourth-order valence-electron chi connectivity index (χ4n) is 2.84. The molecule has 3 heteroatoms. The van der Waals surface area contributed by atoms with Gasteiger partial charge in [0.2, 0.25) is 0 Å². The molecule has 2 N–H and O–H groups in total. The lowest BCUT2D eigenvalue weighted by Gasteiger charge is -2.31. The standard InChI is InChI=1S/C13H24O3/c14-10-6-8-11(9-7-10)16-13-5-3-1-2-4-12(13)15/h10-15H,1-9H2. The van der Waals surface area contributed by atoms with Crippen LogP contribution < -0.4 is 0 Å². The maximum atomic E-state index is 9.96. The second-order valence-electron chi connectivity index (χ2n) is 5.31. The molecule has 0 radical (unpaired) electrons. The normalized spacial score (nSPS) is 41.6. The Balaban J connectivity index is 1.78. The van der Waals surface area contributed by atoms with Crippen molar-refractivity contribution in [1.82, 2.24) is 0 Å². The summed E-state index contributed by atoms with van der Waals surface area (Å²) >= 11 is 0. The van der Waals surface area contributed by atoms with Crippen LogP contribution in [-0.2, 0) is 4.74 Å². The van der Waals surface area contributed by atoms with Crippen molar-refractivity contribution < 1.29 is 14.9 Å². The molecule has 0 amide bonds. The van der Waals surface area contributed by atoms with Crippen LogP contribution in [0.2, 0.25) is 0 Å². The van der Waals surface area contributed by atoms with Crippen LogP contribution in [0, 0.1) is 0 Å². The second kappa shape index (κ2) is 5.99. The Kier molecular flexibility index (Phi) is 4.62. The number of hydrogen-bond donors (Lipinski definition) is 2. The summed E-state index contributed by atoms with van der Waals surface area (Å²) in [6.07, 6.45) is 8.94. The van der Waals surface area contributed by atoms with E-state index in [0.29, 0.717) is 0 Å². The lowest BCUT2D eigenvalue weighted by molar-refractivity contribution is -0.0975. The predicted molar refractivity (Wildman–Crippen MR) is 62.2 cm³/mol. The summed E-state index contributed by atoms with van der Waals surface area (Å²) in [7, 11) is 0. The molecule has 0 aromatic rings. The first-order valence-electron chi connectivity index (χ1n) is 6.77. The molecule has 0 aliphatic heterocycles. The van der Waals surface area contributed by atoms with Gasteiger partial charge in [-0.25, -0.2) is 0 Å². The molecule has 0 heterocycles. The molecule has 2 atom stereocenters. The van der Waals surface area contributed by atoms with E-state index in [-0.39, 0.29) is 24.4 Å². The Morgan fingerprint density at radius 1 is 0.750 bits per heavy atom. The predicted octanol–water partition coefficient (Wildman–Crippen LogP) is 2.00. The molecule has 0 aromatic heterocycles. The highest BCUT2D eigenvalue weighted by Gasteiger charge is 2.27. The van der Waals surface area contributed by atoms with Crippen molar-refractivity contribution >= 4 is 0 Å². The first-order chi connectivity index (χ1) is 7.75. The molecule has 2 rings (SSSR count). The lowest BCUT2D eigenvalue weighted by Crippen LogP contribution is -2.34. The van der Waals surface area contributed by atoms with Crippen molar-refractivity contribution in [3.8, 4) is 0 Å². The molecule has 2 aliphatic carbocycles. The van der Waals surface area contributed by atoms with E-state index >= 15 is 0 Å². The molecule has 16 heavy (non-hydrogen) atoms. The van der Waals surface area contributed by atoms with Crippen molar-refractivity contribution in [2.75, 3.05) is 0 Å². The number of ether oxygens (including phenoxy) is 1. The summed E-state index contributed by atoms with van der Waals surface area (Å²) in [5.41, 5.74) is 0. The van der Waals surface area contributed by atoms with Gasteiger partial charge in [0.25, 0.3) is 0 Å². The Hall–Kier alpha value is -0.120. The minimum absolute atomic E-state index is 0.0442. The van der Waals surface area contributed by atoms with Gasteiger partial charge in [0.15, 0.2) is 0 Å². The number of aliphatic hydroxyl groups is 2. The Labute approximate surface area is 97.8 Å². The molecule has 2 fully saturated rings. The van der Waals surface area contributed by atoms with Gasteiger partial charge in [-0.1, -0.05) is 19.3 Å². The van der Waals surface area contributed by atoms with Gasteiger partial charge in [0, 0.05) is 0 Å². The van der Waals surface area contributed by atoms with Crippen molar-refractivity contribution in [2.45, 2.75) is 82.2 Å². The molecular formula is C13H24O3. The Morgan fingerprint density at radius 3 is 2.19 bits per heavy atom. The third-order valence-electron chi connectivity index (χ3n) is 3.93. The summed E-state index contributed by atoms with van der Waals surface area (Å²) in [6, 6.07) is 0. The molecule has 0 bridgehead atoms. The van der Waals surface area contributed by atoms with Crippen molar-refractivity contribution in [1.29, 1.82) is 0 Å². The van der Waals surface area contributed by atoms with E-state index in [1.165, 1.54) is 12.8 Å². The fraction of sp³-hybridized carbons (Fsp3) is 1.00. The van der Waals surface area contributed by atoms with E-state index in [1.54, 1.807) is 0 Å². The highest BCUT2D eigenvalue weighted by Crippen LogP contribution is 2.27. The van der Waals surface area contributed by atoms with Crippen molar-refractivity contribution in [3.63, 3.8) is 0 Å². The monoisotopic (exact) mass is 228 g/mol. The van der Waals surface area contributed by atoms with Crippen LogP contribution >= 0.6 is 0 Å². The van der Waals surface area contributed by atoms with E-state index in [9.17, 15) is 10.2 Å². The maximum Gasteiger partial charge on any atom is 0.0837 e. The molecule has 3 nitrogen and oxygen atoms in total. The smallest absolute Gasteiger partial charge is 0.0837 e. The van der Waals surface area contributed by atoms with E-state index in [1.807, 2.05) is 0 Å². The topological polar surface area (TPSA) is 49.7 Å². The van der Waals surface area contributed by atoms with Crippen LogP contribution in [0.3, 0.4) is 0 Å². The average Bonchev–Trinajstić information content (AvgIpc) is 2.48. The number of rotatable bonds is 2. The largest absolute Gasteiger partial charge is 0.393 e. The molecule has 94 valence electrons. The highest BCUT2D eigenvalue weighted by atomic mass is 16.5. The van der Waals surface area contributed by atoms with Crippen molar-refractivity contribution in [2.24, 2.45) is 0 Å². The van der Waals surface area contributed by atoms with Gasteiger partial charge < -0.3 is 14.9 Å². The van der Waals surface area contributed by atoms with Gasteiger partial charge in [0.05, 0.1) is 24.4 Å². The summed E-state index contributed by atoms with van der Waals surface area (Å²) < 4.78 is 6.01. The number of hydrogen-bond acceptors (Lipinski definition) is 3. The van der Waals surface area contributed by atoms with Crippen LogP contribution in [0.15, 0.2) is 0 Å². The Morgan fingerprint density at radius 2 is 1.44 bits per heavy atom. The minimum Gasteiger partial charge on any atom is -0.393 e.